The highest BCUT2D eigenvalue weighted by molar-refractivity contribution is 5.79. The lowest BCUT2D eigenvalue weighted by atomic mass is 9.90. The second kappa shape index (κ2) is 8.02. The zero-order chi connectivity index (χ0) is 14.3. The molecule has 0 amide bonds. The first-order valence-corrected chi connectivity index (χ1v) is 8.64. The van der Waals surface area contributed by atoms with Crippen molar-refractivity contribution in [3.05, 3.63) is 0 Å². The van der Waals surface area contributed by atoms with Crippen LogP contribution in [0.4, 0.5) is 0 Å². The molecule has 2 bridgehead atoms. The van der Waals surface area contributed by atoms with Crippen LogP contribution in [0.3, 0.4) is 0 Å². The highest BCUT2D eigenvalue weighted by Crippen LogP contribution is 2.29. The van der Waals surface area contributed by atoms with Gasteiger partial charge in [-0.2, -0.15) is 0 Å². The van der Waals surface area contributed by atoms with Crippen LogP contribution in [0.2, 0.25) is 0 Å². The Kier molecular flexibility index (Phi) is 6.34. The van der Waals surface area contributed by atoms with E-state index in [0.717, 1.165) is 51.4 Å². The van der Waals surface area contributed by atoms with Crippen LogP contribution >= 0.6 is 0 Å². The lowest BCUT2D eigenvalue weighted by Crippen LogP contribution is -2.42. The predicted octanol–water partition coefficient (Wildman–Crippen LogP) is 4.12. The molecule has 116 valence electrons. The Morgan fingerprint density at radius 1 is 0.800 bits per heavy atom. The zero-order valence-corrected chi connectivity index (χ0v) is 12.7. The summed E-state index contributed by atoms with van der Waals surface area (Å²) in [4.78, 5) is 12.4. The van der Waals surface area contributed by atoms with Gasteiger partial charge in [-0.05, 0) is 51.4 Å². The minimum absolute atomic E-state index is 0.0326. The molecule has 2 saturated heterocycles. The summed E-state index contributed by atoms with van der Waals surface area (Å²) in [6.45, 7) is 0. The van der Waals surface area contributed by atoms with Gasteiger partial charge in [-0.15, -0.1) is 0 Å². The van der Waals surface area contributed by atoms with Crippen LogP contribution < -0.4 is 0 Å². The first-order valence-electron chi connectivity index (χ1n) is 8.64. The molecule has 0 atom stereocenters. The maximum Gasteiger partial charge on any atom is 0.338 e. The number of hydrogen-bond acceptors (Lipinski definition) is 3. The van der Waals surface area contributed by atoms with Crippen LogP contribution in [0.5, 0.6) is 0 Å². The van der Waals surface area contributed by atoms with Gasteiger partial charge in [0.25, 0.3) is 0 Å². The van der Waals surface area contributed by atoms with Crippen LogP contribution in [-0.2, 0) is 9.53 Å². The summed E-state index contributed by atoms with van der Waals surface area (Å²) in [5, 5.41) is 10.7. The molecule has 0 aromatic heterocycles. The van der Waals surface area contributed by atoms with Crippen molar-refractivity contribution >= 4 is 5.97 Å². The van der Waals surface area contributed by atoms with Gasteiger partial charge >= 0.3 is 5.97 Å². The van der Waals surface area contributed by atoms with Gasteiger partial charge in [0.15, 0.2) is 5.60 Å². The molecule has 0 aromatic carbocycles. The Labute approximate surface area is 123 Å². The van der Waals surface area contributed by atoms with E-state index in [4.69, 9.17) is 4.74 Å². The maximum atomic E-state index is 12.4. The Hall–Kier alpha value is -0.570. The molecule has 3 heteroatoms. The van der Waals surface area contributed by atoms with Gasteiger partial charge in [0, 0.05) is 0 Å². The van der Waals surface area contributed by atoms with Gasteiger partial charge in [-0.1, -0.05) is 38.5 Å². The molecule has 2 heterocycles. The van der Waals surface area contributed by atoms with E-state index in [2.05, 4.69) is 0 Å². The third-order valence-corrected chi connectivity index (χ3v) is 4.89. The summed E-state index contributed by atoms with van der Waals surface area (Å²) in [5.74, 6) is -0.341. The number of carbonyl (C=O) groups excluding carboxylic acids is 1. The van der Waals surface area contributed by atoms with E-state index in [0.29, 0.717) is 12.8 Å². The summed E-state index contributed by atoms with van der Waals surface area (Å²) in [6, 6.07) is 0. The van der Waals surface area contributed by atoms with Crippen molar-refractivity contribution in [1.29, 1.82) is 0 Å². The lowest BCUT2D eigenvalue weighted by Gasteiger charge is -2.28. The first kappa shape index (κ1) is 15.8. The van der Waals surface area contributed by atoms with E-state index in [1.807, 2.05) is 0 Å². The number of esters is 1. The van der Waals surface area contributed by atoms with Gasteiger partial charge in [-0.3, -0.25) is 0 Å². The van der Waals surface area contributed by atoms with E-state index in [9.17, 15) is 9.90 Å². The topological polar surface area (TPSA) is 46.5 Å². The molecule has 2 aliphatic heterocycles. The molecule has 20 heavy (non-hydrogen) atoms. The minimum atomic E-state index is -1.22. The van der Waals surface area contributed by atoms with Crippen LogP contribution in [0.15, 0.2) is 0 Å². The Balaban J connectivity index is 2.10. The Morgan fingerprint density at radius 3 is 1.80 bits per heavy atom. The van der Waals surface area contributed by atoms with Crippen molar-refractivity contribution in [3.8, 4) is 0 Å². The largest absolute Gasteiger partial charge is 0.460 e. The fraction of sp³-hybridized carbons (Fsp3) is 0.941. The predicted molar refractivity (Wildman–Crippen MR) is 79.5 cm³/mol. The van der Waals surface area contributed by atoms with Crippen molar-refractivity contribution in [1.82, 2.24) is 0 Å². The number of rotatable bonds is 0. The van der Waals surface area contributed by atoms with Crippen molar-refractivity contribution in [2.24, 2.45) is 0 Å². The number of aliphatic hydroxyl groups is 1. The third-order valence-electron chi connectivity index (χ3n) is 4.89. The average molecular weight is 282 g/mol. The van der Waals surface area contributed by atoms with Crippen molar-refractivity contribution in [2.75, 3.05) is 0 Å². The molecule has 2 aliphatic rings. The number of ether oxygens (including phenoxy) is 1. The van der Waals surface area contributed by atoms with Crippen molar-refractivity contribution in [2.45, 2.75) is 102 Å². The van der Waals surface area contributed by atoms with Crippen molar-refractivity contribution in [3.63, 3.8) is 0 Å². The van der Waals surface area contributed by atoms with E-state index >= 15 is 0 Å². The fourth-order valence-corrected chi connectivity index (χ4v) is 3.49. The van der Waals surface area contributed by atoms with Gasteiger partial charge in [0.2, 0.25) is 0 Å². The summed E-state index contributed by atoms with van der Waals surface area (Å²) in [5.41, 5.74) is -1.22. The molecule has 0 spiro atoms. The van der Waals surface area contributed by atoms with Crippen LogP contribution in [0.1, 0.15) is 89.9 Å². The molecule has 0 aromatic rings. The minimum Gasteiger partial charge on any atom is -0.460 e. The zero-order valence-electron chi connectivity index (χ0n) is 12.7. The molecular weight excluding hydrogens is 252 g/mol. The summed E-state index contributed by atoms with van der Waals surface area (Å²) in [7, 11) is 0. The first-order chi connectivity index (χ1) is 9.71. The number of carbonyl (C=O) groups is 1. The Bertz CT molecular complexity index is 283. The highest BCUT2D eigenvalue weighted by atomic mass is 16.6. The van der Waals surface area contributed by atoms with E-state index in [-0.39, 0.29) is 12.1 Å². The molecular formula is C17H30O3. The summed E-state index contributed by atoms with van der Waals surface area (Å²) >= 11 is 0. The molecule has 2 fully saturated rings. The van der Waals surface area contributed by atoms with Gasteiger partial charge in [-0.25, -0.2) is 4.79 Å². The molecule has 3 nitrogen and oxygen atoms in total. The molecule has 0 radical (unpaired) electrons. The second-order valence-electron chi connectivity index (χ2n) is 6.67. The fourth-order valence-electron chi connectivity index (χ4n) is 3.49. The summed E-state index contributed by atoms with van der Waals surface area (Å²) < 4.78 is 5.69. The van der Waals surface area contributed by atoms with Crippen LogP contribution in [-0.4, -0.2) is 22.8 Å². The lowest BCUT2D eigenvalue weighted by molar-refractivity contribution is -0.173. The van der Waals surface area contributed by atoms with Gasteiger partial charge in [0.05, 0.1) is 0 Å². The third kappa shape index (κ3) is 4.76. The standard InChI is InChI=1S/C17H30O3/c18-16-17(19)13-9-5-1-3-7-11-15(20-16)12-8-4-2-6-10-14-17/h15,19H,1-14H2. The number of hydrogen-bond donors (Lipinski definition) is 1. The monoisotopic (exact) mass is 282 g/mol. The maximum absolute atomic E-state index is 12.4. The Morgan fingerprint density at radius 2 is 1.25 bits per heavy atom. The van der Waals surface area contributed by atoms with E-state index in [1.165, 1.54) is 25.7 Å². The van der Waals surface area contributed by atoms with E-state index in [1.54, 1.807) is 0 Å². The van der Waals surface area contributed by atoms with Crippen molar-refractivity contribution < 1.29 is 14.6 Å². The van der Waals surface area contributed by atoms with Crippen LogP contribution in [0.25, 0.3) is 0 Å². The SMILES string of the molecule is O=C1OC2CCCCCCCC1(O)CCCCCCC2. The summed E-state index contributed by atoms with van der Waals surface area (Å²) in [6.07, 6.45) is 14.5. The smallest absolute Gasteiger partial charge is 0.338 e. The average Bonchev–Trinajstić information content (AvgIpc) is 2.47. The second-order valence-corrected chi connectivity index (χ2v) is 6.67. The number of fused-ring (bicyclic) bond motifs is 3. The van der Waals surface area contributed by atoms with Crippen LogP contribution in [0, 0.1) is 0 Å². The molecule has 1 N–H and O–H groups in total. The molecule has 0 saturated carbocycles. The quantitative estimate of drug-likeness (QED) is 0.680. The highest BCUT2D eigenvalue weighted by Gasteiger charge is 2.38. The molecule has 0 unspecified atom stereocenters. The normalized spacial score (nSPS) is 34.6. The molecule has 0 aliphatic carbocycles. The van der Waals surface area contributed by atoms with Gasteiger partial charge < -0.3 is 9.84 Å². The molecule has 2 rings (SSSR count). The van der Waals surface area contributed by atoms with E-state index < -0.39 is 5.60 Å². The van der Waals surface area contributed by atoms with Gasteiger partial charge in [0.1, 0.15) is 6.10 Å².